The van der Waals surface area contributed by atoms with E-state index in [2.05, 4.69) is 6.58 Å². The Morgan fingerprint density at radius 3 is 1.96 bits per heavy atom. The molecule has 0 aliphatic heterocycles. The third-order valence-corrected chi connectivity index (χ3v) is 2.82. The monoisotopic (exact) mass is 330 g/mol. The second-order valence-electron chi connectivity index (χ2n) is 4.67. The van der Waals surface area contributed by atoms with Crippen LogP contribution in [0.15, 0.2) is 24.8 Å². The van der Waals surface area contributed by atoms with Crippen molar-refractivity contribution >= 4 is 23.9 Å². The molecule has 130 valence electrons. The summed E-state index contributed by atoms with van der Waals surface area (Å²) in [6, 6.07) is 0. The van der Waals surface area contributed by atoms with E-state index < -0.39 is 41.8 Å². The number of ether oxygens (including phenoxy) is 1. The summed E-state index contributed by atoms with van der Waals surface area (Å²) in [5.74, 6) is -4.24. The van der Waals surface area contributed by atoms with Gasteiger partial charge < -0.3 is 20.1 Å². The molecule has 0 fully saturated rings. The molecule has 0 aliphatic rings. The quantitative estimate of drug-likeness (QED) is 0.451. The molecule has 8 heteroatoms. The van der Waals surface area contributed by atoms with Crippen LogP contribution in [0.1, 0.15) is 33.6 Å². The van der Waals surface area contributed by atoms with Crippen molar-refractivity contribution in [2.75, 3.05) is 0 Å². The van der Waals surface area contributed by atoms with Gasteiger partial charge in [0.2, 0.25) is 0 Å². The first-order valence-corrected chi connectivity index (χ1v) is 6.68. The van der Waals surface area contributed by atoms with E-state index in [4.69, 9.17) is 20.1 Å². The molecule has 2 unspecified atom stereocenters. The van der Waals surface area contributed by atoms with Crippen molar-refractivity contribution in [2.24, 2.45) is 5.41 Å². The maximum absolute atomic E-state index is 11.1. The predicted molar refractivity (Wildman–Crippen MR) is 80.8 cm³/mol. The Labute approximate surface area is 134 Å². The van der Waals surface area contributed by atoms with Crippen LogP contribution in [0, 0.1) is 5.41 Å². The lowest BCUT2D eigenvalue weighted by Crippen LogP contribution is -2.43. The second-order valence-corrected chi connectivity index (χ2v) is 4.67. The van der Waals surface area contributed by atoms with Crippen LogP contribution in [-0.4, -0.2) is 45.3 Å². The van der Waals surface area contributed by atoms with E-state index in [0.717, 1.165) is 12.2 Å². The van der Waals surface area contributed by atoms with E-state index in [9.17, 15) is 19.2 Å². The molecule has 0 spiro atoms. The summed E-state index contributed by atoms with van der Waals surface area (Å²) in [5.41, 5.74) is -1.65. The summed E-state index contributed by atoms with van der Waals surface area (Å²) in [4.78, 5) is 42.4. The van der Waals surface area contributed by atoms with E-state index in [1.54, 1.807) is 13.8 Å². The Bertz CT molecular complexity index is 480. The molecule has 0 aromatic carbocycles. The number of carboxylic acid groups (broad SMARTS) is 3. The lowest BCUT2D eigenvalue weighted by atomic mass is 9.79. The fraction of sp³-hybridized carbons (Fsp3) is 0.467. The number of carbonyl (C=O) groups is 4. The zero-order valence-electron chi connectivity index (χ0n) is 13.3. The molecular formula is C15H22O8. The molecule has 0 aliphatic carbocycles. The van der Waals surface area contributed by atoms with Crippen LogP contribution in [-0.2, 0) is 23.9 Å². The zero-order chi connectivity index (χ0) is 18.6. The summed E-state index contributed by atoms with van der Waals surface area (Å²) in [6.45, 7) is 7.72. The van der Waals surface area contributed by atoms with Gasteiger partial charge in [0.25, 0.3) is 0 Å². The number of hydrogen-bond donors (Lipinski definition) is 3. The molecular weight excluding hydrogens is 308 g/mol. The summed E-state index contributed by atoms with van der Waals surface area (Å²) >= 11 is 0. The smallest absolute Gasteiger partial charge is 0.330 e. The topological polar surface area (TPSA) is 138 Å². The Balaban J connectivity index is 0. The first-order valence-electron chi connectivity index (χ1n) is 6.68. The number of allylic oxidation sites excluding steroid dienone is 1. The van der Waals surface area contributed by atoms with E-state index in [1.165, 1.54) is 13.0 Å². The molecule has 0 rings (SSSR count). The maximum Gasteiger partial charge on any atom is 0.330 e. The number of carbonyl (C=O) groups excluding carboxylic acids is 1. The number of esters is 1. The number of aliphatic carboxylic acids is 3. The number of hydrogen-bond acceptors (Lipinski definition) is 5. The molecule has 0 bridgehead atoms. The first-order chi connectivity index (χ1) is 10.5. The minimum atomic E-state index is -1.65. The summed E-state index contributed by atoms with van der Waals surface area (Å²) in [7, 11) is 0. The van der Waals surface area contributed by atoms with Crippen molar-refractivity contribution in [1.82, 2.24) is 0 Å². The highest BCUT2D eigenvalue weighted by Gasteiger charge is 2.44. The lowest BCUT2D eigenvalue weighted by Gasteiger charge is -2.31. The normalized spacial score (nSPS) is 13.9. The molecule has 8 nitrogen and oxygen atoms in total. The average molecular weight is 330 g/mol. The summed E-state index contributed by atoms with van der Waals surface area (Å²) in [5, 5.41) is 25.6. The van der Waals surface area contributed by atoms with Gasteiger partial charge in [-0.05, 0) is 20.3 Å². The van der Waals surface area contributed by atoms with Crippen LogP contribution in [0.5, 0.6) is 0 Å². The van der Waals surface area contributed by atoms with Crippen LogP contribution >= 0.6 is 0 Å². The van der Waals surface area contributed by atoms with E-state index in [1.807, 2.05) is 0 Å². The highest BCUT2D eigenvalue weighted by atomic mass is 16.5. The van der Waals surface area contributed by atoms with Crippen molar-refractivity contribution in [2.45, 2.75) is 39.7 Å². The van der Waals surface area contributed by atoms with Crippen LogP contribution in [0.2, 0.25) is 0 Å². The first kappa shape index (κ1) is 22.6. The Hall–Kier alpha value is -2.64. The lowest BCUT2D eigenvalue weighted by molar-refractivity contribution is -0.170. The summed E-state index contributed by atoms with van der Waals surface area (Å²) in [6.07, 6.45) is 2.04. The van der Waals surface area contributed by atoms with E-state index in [-0.39, 0.29) is 6.42 Å². The number of rotatable bonds is 8. The maximum atomic E-state index is 11.1. The molecule has 0 aromatic rings. The van der Waals surface area contributed by atoms with E-state index >= 15 is 0 Å². The third-order valence-electron chi connectivity index (χ3n) is 2.82. The van der Waals surface area contributed by atoms with Crippen LogP contribution in [0.25, 0.3) is 0 Å². The van der Waals surface area contributed by atoms with E-state index in [0.29, 0.717) is 0 Å². The van der Waals surface area contributed by atoms with Crippen molar-refractivity contribution < 1.29 is 39.2 Å². The molecule has 0 amide bonds. The van der Waals surface area contributed by atoms with Gasteiger partial charge in [0.15, 0.2) is 0 Å². The van der Waals surface area contributed by atoms with Gasteiger partial charge in [-0.1, -0.05) is 19.6 Å². The second kappa shape index (κ2) is 11.0. The van der Waals surface area contributed by atoms with Crippen molar-refractivity contribution in [1.29, 1.82) is 0 Å². The third kappa shape index (κ3) is 9.07. The minimum Gasteiger partial charge on any atom is -0.481 e. The van der Waals surface area contributed by atoms with Crippen molar-refractivity contribution in [3.05, 3.63) is 24.8 Å². The predicted octanol–water partition coefficient (Wildman–Crippen LogP) is 1.71. The molecule has 2 atom stereocenters. The molecule has 0 heterocycles. The van der Waals surface area contributed by atoms with Gasteiger partial charge in [0, 0.05) is 12.2 Å². The van der Waals surface area contributed by atoms with Gasteiger partial charge in [-0.2, -0.15) is 0 Å². The van der Waals surface area contributed by atoms with Gasteiger partial charge in [-0.25, -0.2) is 9.59 Å². The molecule has 23 heavy (non-hydrogen) atoms. The highest BCUT2D eigenvalue weighted by molar-refractivity contribution is 5.84. The Morgan fingerprint density at radius 1 is 1.22 bits per heavy atom. The SMILES string of the molecule is C=CC(=O)OC(CC)C(C)(CC(=O)O)C(=O)O.CC=CC(=O)O. The molecule has 0 aromatic heterocycles. The zero-order valence-corrected chi connectivity index (χ0v) is 13.3. The minimum absolute atomic E-state index is 0.204. The summed E-state index contributed by atoms with van der Waals surface area (Å²) < 4.78 is 4.88. The van der Waals surface area contributed by atoms with Crippen LogP contribution < -0.4 is 0 Å². The van der Waals surface area contributed by atoms with Gasteiger partial charge >= 0.3 is 23.9 Å². The Kier molecular flexibility index (Phi) is 10.8. The largest absolute Gasteiger partial charge is 0.481 e. The molecule has 3 N–H and O–H groups in total. The van der Waals surface area contributed by atoms with Gasteiger partial charge in [-0.3, -0.25) is 9.59 Å². The van der Waals surface area contributed by atoms with Gasteiger partial charge in [-0.15, -0.1) is 0 Å². The standard InChI is InChI=1S/C11H16O6.C4H6O2/c1-4-7(17-9(14)5-2)11(3,10(15)16)6-8(12)13;1-2-3-4(5)6/h5,7H,2,4,6H2,1,3H3,(H,12,13)(H,15,16);2-3H,1H3,(H,5,6). The van der Waals surface area contributed by atoms with Crippen LogP contribution in [0.4, 0.5) is 0 Å². The van der Waals surface area contributed by atoms with Crippen molar-refractivity contribution in [3.63, 3.8) is 0 Å². The molecule has 0 saturated heterocycles. The fourth-order valence-electron chi connectivity index (χ4n) is 1.64. The number of carboxylic acids is 3. The molecule has 0 radical (unpaired) electrons. The van der Waals surface area contributed by atoms with Crippen LogP contribution in [0.3, 0.4) is 0 Å². The highest BCUT2D eigenvalue weighted by Crippen LogP contribution is 2.31. The van der Waals surface area contributed by atoms with Gasteiger partial charge in [0.05, 0.1) is 6.42 Å². The average Bonchev–Trinajstić information content (AvgIpc) is 2.43. The molecule has 0 saturated carbocycles. The van der Waals surface area contributed by atoms with Crippen molar-refractivity contribution in [3.8, 4) is 0 Å². The fourth-order valence-corrected chi connectivity index (χ4v) is 1.64. The Morgan fingerprint density at radius 2 is 1.74 bits per heavy atom. The van der Waals surface area contributed by atoms with Gasteiger partial charge in [0.1, 0.15) is 11.5 Å².